The van der Waals surface area contributed by atoms with E-state index < -0.39 is 5.54 Å². The Labute approximate surface area is 145 Å². The van der Waals surface area contributed by atoms with Gasteiger partial charge in [-0.1, -0.05) is 47.0 Å². The summed E-state index contributed by atoms with van der Waals surface area (Å²) in [6.07, 6.45) is 5.48. The fourth-order valence-electron chi connectivity index (χ4n) is 3.01. The van der Waals surface area contributed by atoms with Gasteiger partial charge in [0.05, 0.1) is 6.54 Å². The summed E-state index contributed by atoms with van der Waals surface area (Å²) in [5, 5.41) is 8.44. The average molecular weight is 339 g/mol. The Morgan fingerprint density at radius 3 is 2.12 bits per heavy atom. The van der Waals surface area contributed by atoms with Crippen LogP contribution in [0.15, 0.2) is 0 Å². The number of hydrogen-bond donors (Lipinski definition) is 3. The minimum Gasteiger partial charge on any atom is -0.354 e. The van der Waals surface area contributed by atoms with Crippen molar-refractivity contribution in [1.29, 1.82) is 0 Å². The highest BCUT2D eigenvalue weighted by atomic mass is 16.2. The van der Waals surface area contributed by atoms with Crippen molar-refractivity contribution in [3.05, 3.63) is 0 Å². The van der Waals surface area contributed by atoms with E-state index in [2.05, 4.69) is 16.0 Å². The monoisotopic (exact) mass is 339 g/mol. The predicted molar refractivity (Wildman–Crippen MR) is 94.3 cm³/mol. The third kappa shape index (κ3) is 6.89. The Kier molecular flexibility index (Phi) is 7.70. The number of amides is 3. The molecule has 0 saturated heterocycles. The molecule has 0 aromatic rings. The number of rotatable bonds is 7. The van der Waals surface area contributed by atoms with Crippen LogP contribution in [0.4, 0.5) is 0 Å². The zero-order valence-corrected chi connectivity index (χ0v) is 15.6. The second-order valence-corrected chi connectivity index (χ2v) is 7.96. The van der Waals surface area contributed by atoms with Crippen LogP contribution in [0.5, 0.6) is 0 Å². The molecule has 3 N–H and O–H groups in total. The number of nitrogens with one attached hydrogen (secondary N) is 3. The molecule has 1 saturated carbocycles. The normalized spacial score (nSPS) is 17.0. The molecule has 3 amide bonds. The second-order valence-electron chi connectivity index (χ2n) is 7.96. The molecule has 1 aliphatic carbocycles. The van der Waals surface area contributed by atoms with Gasteiger partial charge in [-0.15, -0.1) is 0 Å². The lowest BCUT2D eigenvalue weighted by atomic mass is 9.80. The van der Waals surface area contributed by atoms with Crippen LogP contribution in [0.3, 0.4) is 0 Å². The molecule has 0 spiro atoms. The average Bonchev–Trinajstić information content (AvgIpc) is 2.50. The Hall–Kier alpha value is -1.59. The van der Waals surface area contributed by atoms with Crippen molar-refractivity contribution in [2.75, 3.05) is 13.1 Å². The highest BCUT2D eigenvalue weighted by Gasteiger charge is 2.40. The van der Waals surface area contributed by atoms with Gasteiger partial charge in [-0.25, -0.2) is 0 Å². The molecule has 0 bridgehead atoms. The van der Waals surface area contributed by atoms with Crippen LogP contribution in [-0.4, -0.2) is 36.3 Å². The van der Waals surface area contributed by atoms with Crippen LogP contribution in [0.1, 0.15) is 72.6 Å². The van der Waals surface area contributed by atoms with Gasteiger partial charge in [0.25, 0.3) is 0 Å². The van der Waals surface area contributed by atoms with E-state index in [1.54, 1.807) is 0 Å². The zero-order valence-electron chi connectivity index (χ0n) is 15.6. The molecule has 6 heteroatoms. The van der Waals surface area contributed by atoms with Crippen molar-refractivity contribution in [1.82, 2.24) is 16.0 Å². The first-order valence-electron chi connectivity index (χ1n) is 9.04. The van der Waals surface area contributed by atoms with E-state index in [-0.39, 0.29) is 29.7 Å². The standard InChI is InChI=1S/C18H33N3O3/c1-5-11-19-16(24)18(9-7-6-8-10-18)21-15(23)13-20-14(22)12-17(2,3)4/h5-13H2,1-4H3,(H,19,24)(H,20,22)(H,21,23). The summed E-state index contributed by atoms with van der Waals surface area (Å²) in [6, 6.07) is 0. The summed E-state index contributed by atoms with van der Waals surface area (Å²) in [5.41, 5.74) is -0.940. The molecule has 0 aliphatic heterocycles. The lowest BCUT2D eigenvalue weighted by molar-refractivity contribution is -0.135. The quantitative estimate of drug-likeness (QED) is 0.662. The summed E-state index contributed by atoms with van der Waals surface area (Å²) in [7, 11) is 0. The maximum atomic E-state index is 12.5. The summed E-state index contributed by atoms with van der Waals surface area (Å²) in [5.74, 6) is -0.546. The van der Waals surface area contributed by atoms with Gasteiger partial charge in [0.2, 0.25) is 17.7 Å². The van der Waals surface area contributed by atoms with Crippen molar-refractivity contribution in [3.63, 3.8) is 0 Å². The van der Waals surface area contributed by atoms with Gasteiger partial charge >= 0.3 is 0 Å². The van der Waals surface area contributed by atoms with Crippen molar-refractivity contribution in [2.24, 2.45) is 5.41 Å². The second kappa shape index (κ2) is 9.04. The molecule has 1 aliphatic rings. The van der Waals surface area contributed by atoms with Gasteiger partial charge in [0, 0.05) is 13.0 Å². The molecule has 24 heavy (non-hydrogen) atoms. The third-order valence-corrected chi connectivity index (χ3v) is 4.19. The van der Waals surface area contributed by atoms with Crippen molar-refractivity contribution >= 4 is 17.7 Å². The number of hydrogen-bond acceptors (Lipinski definition) is 3. The fourth-order valence-corrected chi connectivity index (χ4v) is 3.01. The molecule has 0 unspecified atom stereocenters. The first kappa shape index (κ1) is 20.5. The topological polar surface area (TPSA) is 87.3 Å². The smallest absolute Gasteiger partial charge is 0.245 e. The van der Waals surface area contributed by atoms with Crippen molar-refractivity contribution in [3.8, 4) is 0 Å². The Morgan fingerprint density at radius 1 is 0.958 bits per heavy atom. The minimum absolute atomic E-state index is 0.0856. The molecule has 6 nitrogen and oxygen atoms in total. The zero-order chi connectivity index (χ0) is 18.2. The van der Waals surface area contributed by atoms with Gasteiger partial charge in [-0.3, -0.25) is 14.4 Å². The number of carbonyl (C=O) groups is 3. The highest BCUT2D eigenvalue weighted by Crippen LogP contribution is 2.28. The molecule has 0 heterocycles. The predicted octanol–water partition coefficient (Wildman–Crippen LogP) is 1.88. The van der Waals surface area contributed by atoms with Crippen LogP contribution in [-0.2, 0) is 14.4 Å². The van der Waals surface area contributed by atoms with Gasteiger partial charge in [-0.2, -0.15) is 0 Å². The first-order valence-corrected chi connectivity index (χ1v) is 9.04. The molecular formula is C18H33N3O3. The largest absolute Gasteiger partial charge is 0.354 e. The Balaban J connectivity index is 2.58. The lowest BCUT2D eigenvalue weighted by Crippen LogP contribution is -2.61. The summed E-state index contributed by atoms with van der Waals surface area (Å²) in [4.78, 5) is 36.6. The Morgan fingerprint density at radius 2 is 1.58 bits per heavy atom. The first-order chi connectivity index (χ1) is 11.2. The van der Waals surface area contributed by atoms with Crippen molar-refractivity contribution in [2.45, 2.75) is 78.2 Å². The van der Waals surface area contributed by atoms with E-state index in [0.717, 1.165) is 25.7 Å². The van der Waals surface area contributed by atoms with Gasteiger partial charge in [0.15, 0.2) is 0 Å². The molecule has 1 rings (SSSR count). The lowest BCUT2D eigenvalue weighted by Gasteiger charge is -2.36. The van der Waals surface area contributed by atoms with Gasteiger partial charge < -0.3 is 16.0 Å². The highest BCUT2D eigenvalue weighted by molar-refractivity contribution is 5.93. The van der Waals surface area contributed by atoms with Crippen molar-refractivity contribution < 1.29 is 14.4 Å². The third-order valence-electron chi connectivity index (χ3n) is 4.19. The number of carbonyl (C=O) groups excluding carboxylic acids is 3. The van der Waals surface area contributed by atoms with E-state index in [4.69, 9.17) is 0 Å². The van der Waals surface area contributed by atoms with Crippen LogP contribution >= 0.6 is 0 Å². The Bertz CT molecular complexity index is 449. The summed E-state index contributed by atoms with van der Waals surface area (Å²) in [6.45, 7) is 8.44. The van der Waals surface area contributed by atoms with E-state index in [1.165, 1.54) is 0 Å². The minimum atomic E-state index is -0.820. The molecule has 138 valence electrons. The van der Waals surface area contributed by atoms with Crippen LogP contribution < -0.4 is 16.0 Å². The molecule has 0 radical (unpaired) electrons. The SMILES string of the molecule is CCCNC(=O)C1(NC(=O)CNC(=O)CC(C)(C)C)CCCCC1. The van der Waals surface area contributed by atoms with Crippen LogP contribution in [0.2, 0.25) is 0 Å². The van der Waals surface area contributed by atoms with E-state index in [1.807, 2.05) is 27.7 Å². The maximum Gasteiger partial charge on any atom is 0.245 e. The van der Waals surface area contributed by atoms with Crippen LogP contribution in [0.25, 0.3) is 0 Å². The van der Waals surface area contributed by atoms with E-state index in [9.17, 15) is 14.4 Å². The van der Waals surface area contributed by atoms with Gasteiger partial charge in [0.1, 0.15) is 5.54 Å². The molecule has 0 aromatic heterocycles. The van der Waals surface area contributed by atoms with Crippen LogP contribution in [0, 0.1) is 5.41 Å². The van der Waals surface area contributed by atoms with Gasteiger partial charge in [-0.05, 0) is 24.7 Å². The molecule has 1 fully saturated rings. The molecule has 0 aromatic carbocycles. The fraction of sp³-hybridized carbons (Fsp3) is 0.833. The maximum absolute atomic E-state index is 12.5. The van der Waals surface area contributed by atoms with E-state index >= 15 is 0 Å². The van der Waals surface area contributed by atoms with E-state index in [0.29, 0.717) is 25.8 Å². The molecule has 0 atom stereocenters. The summed E-state index contributed by atoms with van der Waals surface area (Å²) >= 11 is 0. The summed E-state index contributed by atoms with van der Waals surface area (Å²) < 4.78 is 0. The molecular weight excluding hydrogens is 306 g/mol.